The minimum Gasteiger partial charge on any atom is -0.506 e. The summed E-state index contributed by atoms with van der Waals surface area (Å²) in [6.45, 7) is 0.416. The van der Waals surface area contributed by atoms with Gasteiger partial charge in [-0.1, -0.05) is 18.2 Å². The zero-order valence-electron chi connectivity index (χ0n) is 20.9. The number of hydrogen-bond donors (Lipinski definition) is 3. The van der Waals surface area contributed by atoms with Gasteiger partial charge in [0.15, 0.2) is 5.76 Å². The highest BCUT2D eigenvalue weighted by molar-refractivity contribution is 6.19. The third-order valence-corrected chi connectivity index (χ3v) is 7.82. The number of alkyl halides is 1. The molecule has 9 heteroatoms. The Morgan fingerprint density at radius 2 is 1.95 bits per heavy atom. The second-order valence-electron chi connectivity index (χ2n) is 9.87. The van der Waals surface area contributed by atoms with Crippen LogP contribution in [0.5, 0.6) is 5.75 Å². The molecule has 7 rings (SSSR count). The van der Waals surface area contributed by atoms with Crippen LogP contribution >= 0.6 is 11.6 Å². The third kappa shape index (κ3) is 3.67. The van der Waals surface area contributed by atoms with E-state index in [-0.39, 0.29) is 29.2 Å². The van der Waals surface area contributed by atoms with Crippen LogP contribution in [0.15, 0.2) is 77.3 Å². The molecule has 39 heavy (non-hydrogen) atoms. The van der Waals surface area contributed by atoms with E-state index < -0.39 is 0 Å². The van der Waals surface area contributed by atoms with Crippen LogP contribution in [0.1, 0.15) is 32.5 Å². The first-order valence-corrected chi connectivity index (χ1v) is 13.1. The van der Waals surface area contributed by atoms with E-state index in [0.717, 1.165) is 32.8 Å². The molecule has 0 bridgehead atoms. The maximum Gasteiger partial charge on any atom is 0.291 e. The van der Waals surface area contributed by atoms with Gasteiger partial charge in [0.1, 0.15) is 17.0 Å². The Labute approximate surface area is 227 Å². The Bertz CT molecular complexity index is 1920. The Hall–Kier alpha value is -4.69. The molecule has 1 atom stereocenters. The van der Waals surface area contributed by atoms with Gasteiger partial charge >= 0.3 is 0 Å². The molecule has 6 aromatic rings. The average molecular weight is 539 g/mol. The van der Waals surface area contributed by atoms with E-state index >= 15 is 0 Å². The first-order chi connectivity index (χ1) is 18.9. The van der Waals surface area contributed by atoms with Crippen LogP contribution < -0.4 is 10.2 Å². The van der Waals surface area contributed by atoms with Crippen molar-refractivity contribution in [1.82, 2.24) is 9.55 Å². The largest absolute Gasteiger partial charge is 0.506 e. The van der Waals surface area contributed by atoms with E-state index in [1.54, 1.807) is 29.2 Å². The van der Waals surface area contributed by atoms with Gasteiger partial charge < -0.3 is 29.3 Å². The first kappa shape index (κ1) is 23.4. The van der Waals surface area contributed by atoms with Crippen molar-refractivity contribution in [2.45, 2.75) is 5.92 Å². The molecule has 0 fully saturated rings. The predicted molar refractivity (Wildman–Crippen MR) is 152 cm³/mol. The number of carbonyl (C=O) groups is 2. The molecule has 8 nitrogen and oxygen atoms in total. The van der Waals surface area contributed by atoms with Gasteiger partial charge in [-0.3, -0.25) is 9.59 Å². The summed E-state index contributed by atoms with van der Waals surface area (Å²) in [6, 6.07) is 19.9. The lowest BCUT2D eigenvalue weighted by atomic mass is 9.99. The third-order valence-electron chi connectivity index (χ3n) is 7.45. The fourth-order valence-electron chi connectivity index (χ4n) is 5.62. The molecule has 0 saturated carbocycles. The molecule has 0 aliphatic carbocycles. The number of nitrogens with one attached hydrogen (secondary N) is 2. The summed E-state index contributed by atoms with van der Waals surface area (Å²) in [6.07, 6.45) is 1.89. The average Bonchev–Trinajstić information content (AvgIpc) is 3.71. The standard InChI is InChI=1S/C30H23ClN4O4/c1-34-9-8-20-27-18(14-31)15-35(23(27)13-24(36)28(20)34)30(38)22-11-17-10-19(6-7-21(17)33-22)32-29(37)26-12-16-4-2-3-5-25(16)39-26/h2-13,18,33,36H,14-15H2,1H3,(H,32,37). The summed E-state index contributed by atoms with van der Waals surface area (Å²) in [5.74, 6) is 0.0599. The van der Waals surface area contributed by atoms with Crippen LogP contribution in [0.2, 0.25) is 0 Å². The van der Waals surface area contributed by atoms with Crippen LogP contribution in [0, 0.1) is 0 Å². The van der Waals surface area contributed by atoms with Crippen molar-refractivity contribution in [2.24, 2.45) is 7.05 Å². The minimum atomic E-state index is -0.356. The number of halogens is 1. The second-order valence-corrected chi connectivity index (χ2v) is 10.2. The smallest absolute Gasteiger partial charge is 0.291 e. The number of phenols is 1. The van der Waals surface area contributed by atoms with Crippen LogP contribution in [-0.4, -0.2) is 38.9 Å². The van der Waals surface area contributed by atoms with Gasteiger partial charge in [-0.15, -0.1) is 11.6 Å². The van der Waals surface area contributed by atoms with Gasteiger partial charge in [-0.2, -0.15) is 0 Å². The van der Waals surface area contributed by atoms with Gasteiger partial charge in [0, 0.05) is 65.0 Å². The highest BCUT2D eigenvalue weighted by Crippen LogP contribution is 2.46. The Morgan fingerprint density at radius 1 is 1.10 bits per heavy atom. The number of carbonyl (C=O) groups excluding carboxylic acids is 2. The molecular weight excluding hydrogens is 516 g/mol. The number of amides is 2. The molecule has 3 N–H and O–H groups in total. The molecule has 3 aromatic carbocycles. The van der Waals surface area contributed by atoms with Crippen LogP contribution in [0.4, 0.5) is 11.4 Å². The lowest BCUT2D eigenvalue weighted by molar-refractivity contribution is 0.0981. The number of nitrogens with zero attached hydrogens (tertiary/aromatic N) is 2. The van der Waals surface area contributed by atoms with E-state index in [2.05, 4.69) is 10.3 Å². The minimum absolute atomic E-state index is 0.0550. The quantitative estimate of drug-likeness (QED) is 0.228. The Morgan fingerprint density at radius 3 is 2.77 bits per heavy atom. The number of rotatable bonds is 4. The number of furan rings is 1. The SMILES string of the molecule is Cn1ccc2c3c(cc(O)c21)N(C(=O)c1cc2cc(NC(=O)c4cc5ccccc5o4)ccc2[nH]1)CC3CCl. The number of para-hydroxylation sites is 1. The van der Waals surface area contributed by atoms with Crippen molar-refractivity contribution in [3.05, 3.63) is 89.9 Å². The predicted octanol–water partition coefficient (Wildman–Crippen LogP) is 6.35. The molecule has 1 aliphatic heterocycles. The Balaban J connectivity index is 1.19. The van der Waals surface area contributed by atoms with Crippen LogP contribution in [-0.2, 0) is 7.05 Å². The van der Waals surface area contributed by atoms with E-state index in [4.69, 9.17) is 16.0 Å². The summed E-state index contributed by atoms with van der Waals surface area (Å²) < 4.78 is 7.53. The fraction of sp³-hybridized carbons (Fsp3) is 0.133. The number of aryl methyl sites for hydroxylation is 1. The topological polar surface area (TPSA) is 104 Å². The van der Waals surface area contributed by atoms with Crippen LogP contribution in [0.3, 0.4) is 0 Å². The zero-order chi connectivity index (χ0) is 26.8. The van der Waals surface area contributed by atoms with Gasteiger partial charge in [0.05, 0.1) is 11.2 Å². The first-order valence-electron chi connectivity index (χ1n) is 12.5. The number of fused-ring (bicyclic) bond motifs is 5. The van der Waals surface area contributed by atoms with E-state index in [0.29, 0.717) is 35.1 Å². The van der Waals surface area contributed by atoms with Crippen molar-refractivity contribution in [2.75, 3.05) is 22.6 Å². The lowest BCUT2D eigenvalue weighted by Gasteiger charge is -2.17. The number of aromatic nitrogens is 2. The van der Waals surface area contributed by atoms with Crippen molar-refractivity contribution in [3.8, 4) is 5.75 Å². The monoisotopic (exact) mass is 538 g/mol. The number of H-pyrrole nitrogens is 1. The highest BCUT2D eigenvalue weighted by Gasteiger charge is 2.36. The molecule has 0 radical (unpaired) electrons. The normalized spacial score (nSPS) is 14.9. The second kappa shape index (κ2) is 8.68. The molecule has 2 amide bonds. The maximum absolute atomic E-state index is 13.7. The van der Waals surface area contributed by atoms with Crippen molar-refractivity contribution >= 4 is 67.6 Å². The van der Waals surface area contributed by atoms with E-state index in [1.165, 1.54) is 0 Å². The summed E-state index contributed by atoms with van der Waals surface area (Å²) in [5.41, 5.74) is 4.75. The van der Waals surface area contributed by atoms with Gasteiger partial charge in [-0.25, -0.2) is 0 Å². The number of anilines is 2. The molecule has 1 aliphatic rings. The van der Waals surface area contributed by atoms with E-state index in [9.17, 15) is 14.7 Å². The molecular formula is C30H23ClN4O4. The van der Waals surface area contributed by atoms with Crippen LogP contribution in [0.25, 0.3) is 32.8 Å². The number of hydrogen-bond acceptors (Lipinski definition) is 4. The summed E-state index contributed by atoms with van der Waals surface area (Å²) in [4.78, 5) is 31.4. The number of benzene rings is 3. The number of phenolic OH excluding ortho intramolecular Hbond substituents is 1. The highest BCUT2D eigenvalue weighted by atomic mass is 35.5. The molecule has 3 aromatic heterocycles. The van der Waals surface area contributed by atoms with Crippen molar-refractivity contribution in [3.63, 3.8) is 0 Å². The molecule has 0 spiro atoms. The van der Waals surface area contributed by atoms with E-state index in [1.807, 2.05) is 60.3 Å². The van der Waals surface area contributed by atoms with Gasteiger partial charge in [0.2, 0.25) is 0 Å². The summed E-state index contributed by atoms with van der Waals surface area (Å²) in [7, 11) is 1.87. The number of aromatic hydroxyl groups is 1. The Kier molecular flexibility index (Phi) is 5.21. The van der Waals surface area contributed by atoms with Gasteiger partial charge in [0.25, 0.3) is 11.8 Å². The van der Waals surface area contributed by atoms with Gasteiger partial charge in [-0.05, 0) is 48.0 Å². The maximum atomic E-state index is 13.7. The molecule has 194 valence electrons. The molecule has 4 heterocycles. The lowest BCUT2D eigenvalue weighted by Crippen LogP contribution is -2.30. The zero-order valence-corrected chi connectivity index (χ0v) is 21.6. The van der Waals surface area contributed by atoms with Crippen molar-refractivity contribution < 1.29 is 19.1 Å². The summed E-state index contributed by atoms with van der Waals surface area (Å²) in [5, 5.41) is 16.1. The molecule has 1 unspecified atom stereocenters. The fourth-order valence-corrected chi connectivity index (χ4v) is 5.87. The molecule has 0 saturated heterocycles. The van der Waals surface area contributed by atoms with Crippen molar-refractivity contribution in [1.29, 1.82) is 0 Å². The number of aromatic amines is 1. The summed E-state index contributed by atoms with van der Waals surface area (Å²) >= 11 is 6.33.